The smallest absolute Gasteiger partial charge is 0.160 e. The van der Waals surface area contributed by atoms with Crippen molar-refractivity contribution >= 4 is 22.8 Å². The Morgan fingerprint density at radius 3 is 3.06 bits per heavy atom. The van der Waals surface area contributed by atoms with Gasteiger partial charge in [-0.1, -0.05) is 0 Å². The first-order chi connectivity index (χ1) is 7.81. The number of aromatic nitrogens is 3. The van der Waals surface area contributed by atoms with Crippen LogP contribution in [0.3, 0.4) is 0 Å². The van der Waals surface area contributed by atoms with Gasteiger partial charge in [0, 0.05) is 12.2 Å². The van der Waals surface area contributed by atoms with E-state index in [0.29, 0.717) is 11.9 Å². The molecule has 0 N–H and O–H groups in total. The monoisotopic (exact) mass is 235 g/mol. The Balaban J connectivity index is 2.18. The van der Waals surface area contributed by atoms with E-state index in [1.54, 1.807) is 0 Å². The number of hydrogen-bond acceptors (Lipinski definition) is 2. The lowest BCUT2D eigenvalue weighted by Gasteiger charge is -2.15. The maximum atomic E-state index is 5.96. The number of pyridine rings is 1. The Bertz CT molecular complexity index is 516. The van der Waals surface area contributed by atoms with Crippen LogP contribution in [-0.4, -0.2) is 14.5 Å². The van der Waals surface area contributed by atoms with Gasteiger partial charge in [-0.3, -0.25) is 0 Å². The van der Waals surface area contributed by atoms with Gasteiger partial charge in [0.05, 0.1) is 5.88 Å². The summed E-state index contributed by atoms with van der Waals surface area (Å²) in [5.41, 5.74) is 1.92. The molecule has 3 rings (SSSR count). The minimum absolute atomic E-state index is 0.452. The Labute approximate surface area is 99.5 Å². The number of nitrogens with zero attached hydrogens (tertiary/aromatic N) is 3. The summed E-state index contributed by atoms with van der Waals surface area (Å²) < 4.78 is 2.21. The van der Waals surface area contributed by atoms with Gasteiger partial charge >= 0.3 is 0 Å². The zero-order valence-corrected chi connectivity index (χ0v) is 9.98. The van der Waals surface area contributed by atoms with E-state index in [9.17, 15) is 0 Å². The fourth-order valence-electron chi connectivity index (χ4n) is 2.29. The molecule has 0 aliphatic heterocycles. The fraction of sp³-hybridized carbons (Fsp3) is 0.500. The molecule has 1 aliphatic carbocycles. The Hall–Kier alpha value is -1.09. The van der Waals surface area contributed by atoms with Crippen molar-refractivity contribution in [1.82, 2.24) is 14.5 Å². The first-order valence-electron chi connectivity index (χ1n) is 5.69. The van der Waals surface area contributed by atoms with Crippen LogP contribution in [0.4, 0.5) is 0 Å². The molecule has 2 heterocycles. The Kier molecular flexibility index (Phi) is 2.36. The van der Waals surface area contributed by atoms with E-state index in [2.05, 4.69) is 21.5 Å². The minimum Gasteiger partial charge on any atom is -0.309 e. The van der Waals surface area contributed by atoms with Crippen LogP contribution in [0.5, 0.6) is 0 Å². The lowest BCUT2D eigenvalue weighted by Crippen LogP contribution is -2.10. The normalized spacial score (nSPS) is 17.9. The third-order valence-corrected chi connectivity index (χ3v) is 3.59. The summed E-state index contributed by atoms with van der Waals surface area (Å²) in [7, 11) is 0. The van der Waals surface area contributed by atoms with Gasteiger partial charge in [0.2, 0.25) is 0 Å². The van der Waals surface area contributed by atoms with Crippen LogP contribution in [0, 0.1) is 5.92 Å². The van der Waals surface area contributed by atoms with E-state index in [-0.39, 0.29) is 0 Å². The third kappa shape index (κ3) is 1.50. The third-order valence-electron chi connectivity index (χ3n) is 3.35. The van der Waals surface area contributed by atoms with E-state index >= 15 is 0 Å². The van der Waals surface area contributed by atoms with Crippen LogP contribution in [0.15, 0.2) is 18.3 Å². The number of fused-ring (bicyclic) bond motifs is 1. The van der Waals surface area contributed by atoms with Crippen LogP contribution >= 0.6 is 11.6 Å². The topological polar surface area (TPSA) is 30.7 Å². The molecule has 0 bridgehead atoms. The van der Waals surface area contributed by atoms with Crippen LogP contribution in [0.1, 0.15) is 31.6 Å². The van der Waals surface area contributed by atoms with Crippen LogP contribution < -0.4 is 0 Å². The second-order valence-corrected chi connectivity index (χ2v) is 4.72. The van der Waals surface area contributed by atoms with Crippen LogP contribution in [0.25, 0.3) is 11.2 Å². The van der Waals surface area contributed by atoms with Gasteiger partial charge < -0.3 is 4.57 Å². The molecule has 1 aliphatic rings. The molecule has 3 nitrogen and oxygen atoms in total. The summed E-state index contributed by atoms with van der Waals surface area (Å²) in [5, 5.41) is 0. The summed E-state index contributed by atoms with van der Waals surface area (Å²) >= 11 is 5.96. The molecule has 4 heteroatoms. The summed E-state index contributed by atoms with van der Waals surface area (Å²) in [5.74, 6) is 2.17. The van der Waals surface area contributed by atoms with Gasteiger partial charge in [-0.25, -0.2) is 9.97 Å². The molecule has 0 saturated heterocycles. The second-order valence-electron chi connectivity index (χ2n) is 4.46. The summed E-state index contributed by atoms with van der Waals surface area (Å²) in [6, 6.07) is 4.38. The number of alkyl halides is 1. The van der Waals surface area contributed by atoms with Crippen molar-refractivity contribution in [1.29, 1.82) is 0 Å². The first kappa shape index (κ1) is 10.1. The van der Waals surface area contributed by atoms with Gasteiger partial charge in [0.15, 0.2) is 5.65 Å². The highest BCUT2D eigenvalue weighted by Gasteiger charge is 2.31. The average molecular weight is 236 g/mol. The summed E-state index contributed by atoms with van der Waals surface area (Å²) in [6.07, 6.45) is 4.45. The van der Waals surface area contributed by atoms with Gasteiger partial charge in [-0.2, -0.15) is 0 Å². The zero-order chi connectivity index (χ0) is 11.1. The second kappa shape index (κ2) is 3.74. The van der Waals surface area contributed by atoms with Crippen molar-refractivity contribution in [3.05, 3.63) is 24.2 Å². The minimum atomic E-state index is 0.452. The number of hydrogen-bond donors (Lipinski definition) is 0. The lowest BCUT2D eigenvalue weighted by molar-refractivity contribution is 0.483. The van der Waals surface area contributed by atoms with Crippen molar-refractivity contribution < 1.29 is 0 Å². The molecule has 1 fully saturated rings. The number of imidazole rings is 1. The largest absolute Gasteiger partial charge is 0.309 e. The highest BCUT2D eigenvalue weighted by Crippen LogP contribution is 2.41. The van der Waals surface area contributed by atoms with E-state index in [4.69, 9.17) is 11.6 Å². The Morgan fingerprint density at radius 2 is 2.38 bits per heavy atom. The van der Waals surface area contributed by atoms with Crippen molar-refractivity contribution in [2.45, 2.75) is 31.7 Å². The van der Waals surface area contributed by atoms with Gasteiger partial charge in [0.1, 0.15) is 11.3 Å². The lowest BCUT2D eigenvalue weighted by atomic mass is 10.2. The Morgan fingerprint density at radius 1 is 1.56 bits per heavy atom. The maximum absolute atomic E-state index is 5.96. The molecule has 2 aromatic rings. The fourth-order valence-corrected chi connectivity index (χ4v) is 2.48. The van der Waals surface area contributed by atoms with Crippen molar-refractivity contribution in [2.24, 2.45) is 5.92 Å². The molecule has 0 amide bonds. The standard InChI is InChI=1S/C12H14ClN3/c1-8(9-4-5-9)16-11(7-13)15-10-3-2-6-14-12(10)16/h2-3,6,8-9H,4-5,7H2,1H3. The van der Waals surface area contributed by atoms with E-state index in [0.717, 1.165) is 22.9 Å². The molecule has 0 radical (unpaired) electrons. The predicted molar refractivity (Wildman–Crippen MR) is 64.5 cm³/mol. The average Bonchev–Trinajstić information content (AvgIpc) is 3.08. The molecule has 84 valence electrons. The molecule has 0 aromatic carbocycles. The van der Waals surface area contributed by atoms with Crippen LogP contribution in [-0.2, 0) is 5.88 Å². The molecule has 2 aromatic heterocycles. The first-order valence-corrected chi connectivity index (χ1v) is 6.22. The highest BCUT2D eigenvalue weighted by atomic mass is 35.5. The molecule has 0 spiro atoms. The van der Waals surface area contributed by atoms with Crippen molar-refractivity contribution in [3.8, 4) is 0 Å². The molecule has 1 unspecified atom stereocenters. The highest BCUT2D eigenvalue weighted by molar-refractivity contribution is 6.16. The van der Waals surface area contributed by atoms with E-state index in [1.165, 1.54) is 12.8 Å². The maximum Gasteiger partial charge on any atom is 0.160 e. The van der Waals surface area contributed by atoms with Crippen LogP contribution in [0.2, 0.25) is 0 Å². The predicted octanol–water partition coefficient (Wildman–Crippen LogP) is 3.14. The van der Waals surface area contributed by atoms with E-state index < -0.39 is 0 Å². The van der Waals surface area contributed by atoms with Gasteiger partial charge in [0.25, 0.3) is 0 Å². The van der Waals surface area contributed by atoms with Crippen molar-refractivity contribution in [3.63, 3.8) is 0 Å². The molecule has 1 atom stereocenters. The number of rotatable bonds is 3. The molecular formula is C12H14ClN3. The van der Waals surface area contributed by atoms with Gasteiger partial charge in [-0.05, 0) is 37.8 Å². The number of halogens is 1. The zero-order valence-electron chi connectivity index (χ0n) is 9.23. The van der Waals surface area contributed by atoms with Crippen molar-refractivity contribution in [2.75, 3.05) is 0 Å². The summed E-state index contributed by atoms with van der Waals surface area (Å²) in [4.78, 5) is 8.95. The SMILES string of the molecule is CC(C1CC1)n1c(CCl)nc2cccnc21. The summed E-state index contributed by atoms with van der Waals surface area (Å²) in [6.45, 7) is 2.24. The molecular weight excluding hydrogens is 222 g/mol. The molecule has 1 saturated carbocycles. The molecule has 16 heavy (non-hydrogen) atoms. The van der Waals surface area contributed by atoms with Gasteiger partial charge in [-0.15, -0.1) is 11.6 Å². The quantitative estimate of drug-likeness (QED) is 0.766. The van der Waals surface area contributed by atoms with E-state index in [1.807, 2.05) is 18.3 Å².